The Balaban J connectivity index is 3.13. The molecule has 1 unspecified atom stereocenters. The Morgan fingerprint density at radius 3 is 2.21 bits per heavy atom. The second kappa shape index (κ2) is 5.61. The van der Waals surface area contributed by atoms with Crippen LogP contribution in [0.2, 0.25) is 0 Å². The number of carbonyl (C=O) groups is 1. The summed E-state index contributed by atoms with van der Waals surface area (Å²) < 4.78 is 5.33. The summed E-state index contributed by atoms with van der Waals surface area (Å²) in [5.74, 6) is 0.0226. The van der Waals surface area contributed by atoms with Crippen LogP contribution in [-0.2, 0) is 4.79 Å². The van der Waals surface area contributed by atoms with Crippen LogP contribution in [0.4, 0.5) is 0 Å². The molecule has 1 aromatic carbocycles. The van der Waals surface area contributed by atoms with E-state index in [0.29, 0.717) is 0 Å². The quantitative estimate of drug-likeness (QED) is 0.858. The Morgan fingerprint density at radius 2 is 1.84 bits per heavy atom. The number of methoxy groups -OCH3 is 1. The molecule has 4 nitrogen and oxygen atoms in total. The van der Waals surface area contributed by atoms with Gasteiger partial charge in [-0.1, -0.05) is 26.0 Å². The van der Waals surface area contributed by atoms with E-state index in [-0.39, 0.29) is 12.5 Å². The molecular weight excluding hydrogens is 242 g/mol. The molecule has 1 rings (SSSR count). The van der Waals surface area contributed by atoms with Crippen molar-refractivity contribution >= 4 is 5.97 Å². The van der Waals surface area contributed by atoms with Gasteiger partial charge in [0.2, 0.25) is 0 Å². The zero-order valence-corrected chi connectivity index (χ0v) is 12.3. The molecule has 0 heterocycles. The third-order valence-corrected chi connectivity index (χ3v) is 3.49. The molecule has 0 aliphatic heterocycles. The second-order valence-corrected chi connectivity index (χ2v) is 5.72. The fourth-order valence-electron chi connectivity index (χ4n) is 2.44. The van der Waals surface area contributed by atoms with Gasteiger partial charge in [-0.25, -0.2) is 0 Å². The van der Waals surface area contributed by atoms with Gasteiger partial charge in [0.15, 0.2) is 0 Å². The molecule has 4 heteroatoms. The first-order chi connectivity index (χ1) is 8.69. The molecule has 0 saturated heterocycles. The minimum Gasteiger partial charge on any atom is -0.496 e. The SMILES string of the molecule is COc1c(C)cc(C(N)C(C)(C)CC(=O)O)cc1C. The van der Waals surface area contributed by atoms with Crippen molar-refractivity contribution in [3.8, 4) is 5.75 Å². The average Bonchev–Trinajstić information content (AvgIpc) is 2.25. The monoisotopic (exact) mass is 265 g/mol. The number of rotatable bonds is 5. The topological polar surface area (TPSA) is 72.5 Å². The van der Waals surface area contributed by atoms with E-state index < -0.39 is 11.4 Å². The number of ether oxygens (including phenoxy) is 1. The highest BCUT2D eigenvalue weighted by atomic mass is 16.5. The first-order valence-corrected chi connectivity index (χ1v) is 6.31. The summed E-state index contributed by atoms with van der Waals surface area (Å²) in [6.45, 7) is 7.68. The van der Waals surface area contributed by atoms with Gasteiger partial charge in [-0.3, -0.25) is 4.79 Å². The summed E-state index contributed by atoms with van der Waals surface area (Å²) in [6, 6.07) is 3.62. The summed E-state index contributed by atoms with van der Waals surface area (Å²) in [4.78, 5) is 10.9. The Labute approximate surface area is 114 Å². The van der Waals surface area contributed by atoms with Gasteiger partial charge in [-0.2, -0.15) is 0 Å². The van der Waals surface area contributed by atoms with E-state index in [0.717, 1.165) is 22.4 Å². The first-order valence-electron chi connectivity index (χ1n) is 6.31. The van der Waals surface area contributed by atoms with Crippen LogP contribution in [0.25, 0.3) is 0 Å². The van der Waals surface area contributed by atoms with Gasteiger partial charge in [0.1, 0.15) is 5.75 Å². The molecule has 1 aromatic rings. The number of aryl methyl sites for hydroxylation is 2. The molecule has 0 aromatic heterocycles. The number of hydrogen-bond acceptors (Lipinski definition) is 3. The number of carboxylic acids is 1. The molecule has 19 heavy (non-hydrogen) atoms. The lowest BCUT2D eigenvalue weighted by molar-refractivity contribution is -0.139. The molecule has 106 valence electrons. The third kappa shape index (κ3) is 3.47. The van der Waals surface area contributed by atoms with Crippen LogP contribution >= 0.6 is 0 Å². The van der Waals surface area contributed by atoms with Crippen molar-refractivity contribution in [2.24, 2.45) is 11.1 Å². The minimum absolute atomic E-state index is 0.0400. The predicted molar refractivity (Wildman–Crippen MR) is 75.4 cm³/mol. The van der Waals surface area contributed by atoms with Gasteiger partial charge in [0.25, 0.3) is 0 Å². The highest BCUT2D eigenvalue weighted by Gasteiger charge is 2.30. The number of aliphatic carboxylic acids is 1. The van der Waals surface area contributed by atoms with Crippen LogP contribution in [0.1, 0.15) is 43.0 Å². The zero-order valence-electron chi connectivity index (χ0n) is 12.3. The first kappa shape index (κ1) is 15.5. The van der Waals surface area contributed by atoms with Crippen LogP contribution in [-0.4, -0.2) is 18.2 Å². The summed E-state index contributed by atoms with van der Waals surface area (Å²) in [5, 5.41) is 8.96. The lowest BCUT2D eigenvalue weighted by Crippen LogP contribution is -2.31. The molecule has 0 saturated carbocycles. The van der Waals surface area contributed by atoms with Gasteiger partial charge in [0.05, 0.1) is 13.5 Å². The summed E-state index contributed by atoms with van der Waals surface area (Å²) in [6.07, 6.45) is 0.0400. The van der Waals surface area contributed by atoms with Crippen molar-refractivity contribution in [3.05, 3.63) is 28.8 Å². The molecule has 1 atom stereocenters. The second-order valence-electron chi connectivity index (χ2n) is 5.72. The van der Waals surface area contributed by atoms with E-state index in [1.54, 1.807) is 7.11 Å². The number of benzene rings is 1. The maximum Gasteiger partial charge on any atom is 0.303 e. The predicted octanol–water partition coefficient (Wildman–Crippen LogP) is 2.81. The van der Waals surface area contributed by atoms with Gasteiger partial charge in [-0.15, -0.1) is 0 Å². The molecule has 0 aliphatic rings. The largest absolute Gasteiger partial charge is 0.496 e. The van der Waals surface area contributed by atoms with Crippen LogP contribution in [0.15, 0.2) is 12.1 Å². The lowest BCUT2D eigenvalue weighted by Gasteiger charge is -2.31. The Kier molecular flexibility index (Phi) is 4.58. The van der Waals surface area contributed by atoms with Crippen LogP contribution in [0.3, 0.4) is 0 Å². The Morgan fingerprint density at radius 1 is 1.37 bits per heavy atom. The van der Waals surface area contributed by atoms with Crippen LogP contribution in [0, 0.1) is 19.3 Å². The van der Waals surface area contributed by atoms with E-state index in [4.69, 9.17) is 15.6 Å². The van der Waals surface area contributed by atoms with Gasteiger partial charge >= 0.3 is 5.97 Å². The van der Waals surface area contributed by atoms with E-state index in [2.05, 4.69) is 0 Å². The highest BCUT2D eigenvalue weighted by Crippen LogP contribution is 2.37. The number of nitrogens with two attached hydrogens (primary N) is 1. The van der Waals surface area contributed by atoms with Crippen LogP contribution < -0.4 is 10.5 Å². The molecule has 0 amide bonds. The zero-order chi connectivity index (χ0) is 14.8. The molecule has 0 aliphatic carbocycles. The van der Waals surface area contributed by atoms with E-state index in [1.807, 2.05) is 39.8 Å². The summed E-state index contributed by atoms with van der Waals surface area (Å²) in [5.41, 5.74) is 8.72. The molecule has 0 radical (unpaired) electrons. The molecular formula is C15H23NO3. The van der Waals surface area contributed by atoms with E-state index in [1.165, 1.54) is 0 Å². The molecule has 3 N–H and O–H groups in total. The maximum atomic E-state index is 10.9. The lowest BCUT2D eigenvalue weighted by atomic mass is 9.78. The van der Waals surface area contributed by atoms with E-state index >= 15 is 0 Å². The number of carboxylic acid groups (broad SMARTS) is 1. The maximum absolute atomic E-state index is 10.9. The van der Waals surface area contributed by atoms with Gasteiger partial charge < -0.3 is 15.6 Å². The molecule has 0 bridgehead atoms. The van der Waals surface area contributed by atoms with Crippen molar-refractivity contribution in [1.29, 1.82) is 0 Å². The van der Waals surface area contributed by atoms with Crippen molar-refractivity contribution in [3.63, 3.8) is 0 Å². The fraction of sp³-hybridized carbons (Fsp3) is 0.533. The van der Waals surface area contributed by atoms with Crippen molar-refractivity contribution in [2.45, 2.75) is 40.2 Å². The fourth-order valence-corrected chi connectivity index (χ4v) is 2.44. The van der Waals surface area contributed by atoms with Crippen molar-refractivity contribution in [2.75, 3.05) is 7.11 Å². The smallest absolute Gasteiger partial charge is 0.303 e. The van der Waals surface area contributed by atoms with Gasteiger partial charge in [-0.05, 0) is 36.0 Å². The van der Waals surface area contributed by atoms with Crippen molar-refractivity contribution in [1.82, 2.24) is 0 Å². The van der Waals surface area contributed by atoms with E-state index in [9.17, 15) is 4.79 Å². The summed E-state index contributed by atoms with van der Waals surface area (Å²) >= 11 is 0. The highest BCUT2D eigenvalue weighted by molar-refractivity contribution is 5.67. The average molecular weight is 265 g/mol. The van der Waals surface area contributed by atoms with Gasteiger partial charge in [0, 0.05) is 6.04 Å². The van der Waals surface area contributed by atoms with Crippen molar-refractivity contribution < 1.29 is 14.6 Å². The summed E-state index contributed by atoms with van der Waals surface area (Å²) in [7, 11) is 1.64. The normalized spacial score (nSPS) is 13.2. The number of hydrogen-bond donors (Lipinski definition) is 2. The van der Waals surface area contributed by atoms with Crippen LogP contribution in [0.5, 0.6) is 5.75 Å². The minimum atomic E-state index is -0.831. The Hall–Kier alpha value is -1.55. The standard InChI is InChI=1S/C15H23NO3/c1-9-6-11(7-10(2)13(9)19-5)14(16)15(3,4)8-12(17)18/h6-7,14H,8,16H2,1-5H3,(H,17,18). The third-order valence-electron chi connectivity index (χ3n) is 3.49. The Bertz CT molecular complexity index is 457. The molecule has 0 fully saturated rings. The molecule has 0 spiro atoms.